The smallest absolute Gasteiger partial charge is 0.334 e. The average Bonchev–Trinajstić information content (AvgIpc) is 2.03. The van der Waals surface area contributed by atoms with Gasteiger partial charge in [-0.15, -0.1) is 0 Å². The lowest BCUT2D eigenvalue weighted by molar-refractivity contribution is 0.248. The Morgan fingerprint density at radius 1 is 1.33 bits per heavy atom. The van der Waals surface area contributed by atoms with Crippen LogP contribution < -0.4 is 0 Å². The van der Waals surface area contributed by atoms with Gasteiger partial charge in [-0.25, -0.2) is 0 Å². The van der Waals surface area contributed by atoms with Gasteiger partial charge in [-0.05, 0) is 19.0 Å². The largest absolute Gasteiger partial charge is 0.398 e. The molecule has 0 radical (unpaired) electrons. The molecule has 1 atom stereocenters. The minimum absolute atomic E-state index is 0.601. The van der Waals surface area contributed by atoms with Crippen LogP contribution in [-0.4, -0.2) is 27.6 Å². The molecule has 0 saturated heterocycles. The molecule has 74 valence electrons. The van der Waals surface area contributed by atoms with Crippen LogP contribution in [0.1, 0.15) is 19.8 Å². The molecule has 0 heterocycles. The molecule has 0 fully saturated rings. The Kier molecular flexibility index (Phi) is 6.44. The summed E-state index contributed by atoms with van der Waals surface area (Å²) in [5.74, 6) is 0. The standard InChI is InChI=1S/C8H19BrO2Si/c1-8(9)6-5-7-12(4,10-2)11-3/h8H,5-7H2,1-4H3. The van der Waals surface area contributed by atoms with Crippen molar-refractivity contribution in [1.82, 2.24) is 0 Å². The van der Waals surface area contributed by atoms with Crippen LogP contribution in [0.3, 0.4) is 0 Å². The molecule has 0 aliphatic heterocycles. The van der Waals surface area contributed by atoms with Crippen LogP contribution in [0.15, 0.2) is 0 Å². The Morgan fingerprint density at radius 2 is 1.83 bits per heavy atom. The first-order valence-corrected chi connectivity index (χ1v) is 7.72. The van der Waals surface area contributed by atoms with Crippen molar-refractivity contribution >= 4 is 24.5 Å². The Labute approximate surface area is 85.0 Å². The maximum absolute atomic E-state index is 5.37. The third-order valence-corrected chi connectivity index (χ3v) is 5.54. The van der Waals surface area contributed by atoms with E-state index in [4.69, 9.17) is 8.85 Å². The van der Waals surface area contributed by atoms with Crippen LogP contribution in [0.4, 0.5) is 0 Å². The Hall–Kier alpha value is 0.617. The fourth-order valence-electron chi connectivity index (χ4n) is 0.992. The number of alkyl halides is 1. The van der Waals surface area contributed by atoms with Crippen molar-refractivity contribution in [1.29, 1.82) is 0 Å². The SMILES string of the molecule is CO[Si](C)(CCCC(C)Br)OC. The van der Waals surface area contributed by atoms with Crippen molar-refractivity contribution in [3.8, 4) is 0 Å². The molecule has 1 unspecified atom stereocenters. The topological polar surface area (TPSA) is 18.5 Å². The van der Waals surface area contributed by atoms with Crippen molar-refractivity contribution in [2.45, 2.75) is 37.2 Å². The van der Waals surface area contributed by atoms with Crippen LogP contribution in [0.5, 0.6) is 0 Å². The van der Waals surface area contributed by atoms with E-state index in [1.54, 1.807) is 14.2 Å². The van der Waals surface area contributed by atoms with E-state index < -0.39 is 8.56 Å². The molecule has 0 N–H and O–H groups in total. The van der Waals surface area contributed by atoms with E-state index >= 15 is 0 Å². The third-order valence-electron chi connectivity index (χ3n) is 2.10. The third kappa shape index (κ3) is 5.30. The van der Waals surface area contributed by atoms with Crippen LogP contribution >= 0.6 is 15.9 Å². The molecule has 0 aliphatic rings. The number of rotatable bonds is 6. The second-order valence-corrected chi connectivity index (χ2v) is 8.36. The van der Waals surface area contributed by atoms with Crippen LogP contribution in [-0.2, 0) is 8.85 Å². The summed E-state index contributed by atoms with van der Waals surface area (Å²) in [4.78, 5) is 0.601. The molecule has 0 spiro atoms. The summed E-state index contributed by atoms with van der Waals surface area (Å²) in [5.41, 5.74) is 0. The summed E-state index contributed by atoms with van der Waals surface area (Å²) in [6.45, 7) is 4.27. The van der Waals surface area contributed by atoms with E-state index in [9.17, 15) is 0 Å². The van der Waals surface area contributed by atoms with Gasteiger partial charge in [0.25, 0.3) is 0 Å². The zero-order valence-corrected chi connectivity index (χ0v) is 11.0. The second kappa shape index (κ2) is 6.13. The van der Waals surface area contributed by atoms with Gasteiger partial charge in [0, 0.05) is 19.0 Å². The summed E-state index contributed by atoms with van der Waals surface area (Å²) in [6.07, 6.45) is 2.37. The molecule has 0 aromatic heterocycles. The number of hydrogen-bond acceptors (Lipinski definition) is 2. The predicted octanol–water partition coefficient (Wildman–Crippen LogP) is 2.91. The molecule has 0 aromatic rings. The highest BCUT2D eigenvalue weighted by Gasteiger charge is 2.27. The van der Waals surface area contributed by atoms with E-state index in [1.807, 2.05) is 0 Å². The van der Waals surface area contributed by atoms with E-state index in [0.29, 0.717) is 4.83 Å². The lowest BCUT2D eigenvalue weighted by Crippen LogP contribution is -2.35. The highest BCUT2D eigenvalue weighted by Crippen LogP contribution is 2.17. The first-order valence-electron chi connectivity index (χ1n) is 4.28. The summed E-state index contributed by atoms with van der Waals surface area (Å²) in [5, 5.41) is 0. The number of halogens is 1. The predicted molar refractivity (Wildman–Crippen MR) is 58.1 cm³/mol. The van der Waals surface area contributed by atoms with E-state index in [-0.39, 0.29) is 0 Å². The molecule has 0 bridgehead atoms. The van der Waals surface area contributed by atoms with Gasteiger partial charge in [0.1, 0.15) is 0 Å². The molecule has 0 saturated carbocycles. The van der Waals surface area contributed by atoms with Gasteiger partial charge in [0.2, 0.25) is 0 Å². The Bertz CT molecular complexity index is 116. The maximum atomic E-state index is 5.37. The van der Waals surface area contributed by atoms with Crippen molar-refractivity contribution in [2.24, 2.45) is 0 Å². The summed E-state index contributed by atoms with van der Waals surface area (Å²) >= 11 is 3.52. The minimum Gasteiger partial charge on any atom is -0.398 e. The molecule has 0 aromatic carbocycles. The Morgan fingerprint density at radius 3 is 2.17 bits per heavy atom. The monoisotopic (exact) mass is 254 g/mol. The second-order valence-electron chi connectivity index (χ2n) is 3.22. The molecule has 0 rings (SSSR count). The minimum atomic E-state index is -1.79. The molecular formula is C8H19BrO2Si. The van der Waals surface area contributed by atoms with Crippen molar-refractivity contribution in [3.63, 3.8) is 0 Å². The maximum Gasteiger partial charge on any atom is 0.334 e. The molecule has 0 aliphatic carbocycles. The van der Waals surface area contributed by atoms with Gasteiger partial charge in [-0.2, -0.15) is 0 Å². The van der Waals surface area contributed by atoms with E-state index in [2.05, 4.69) is 29.4 Å². The summed E-state index contributed by atoms with van der Waals surface area (Å²) in [6, 6.07) is 1.08. The van der Waals surface area contributed by atoms with Gasteiger partial charge in [-0.3, -0.25) is 0 Å². The van der Waals surface area contributed by atoms with Crippen LogP contribution in [0, 0.1) is 0 Å². The first-order chi connectivity index (χ1) is 5.54. The normalized spacial score (nSPS) is 14.8. The zero-order chi connectivity index (χ0) is 9.61. The highest BCUT2D eigenvalue weighted by atomic mass is 79.9. The van der Waals surface area contributed by atoms with Crippen LogP contribution in [0.2, 0.25) is 12.6 Å². The quantitative estimate of drug-likeness (QED) is 0.536. The van der Waals surface area contributed by atoms with Gasteiger partial charge in [-0.1, -0.05) is 29.3 Å². The van der Waals surface area contributed by atoms with E-state index in [1.165, 1.54) is 12.8 Å². The lowest BCUT2D eigenvalue weighted by Gasteiger charge is -2.22. The van der Waals surface area contributed by atoms with E-state index in [0.717, 1.165) is 6.04 Å². The van der Waals surface area contributed by atoms with Crippen molar-refractivity contribution < 1.29 is 8.85 Å². The van der Waals surface area contributed by atoms with Gasteiger partial charge >= 0.3 is 8.56 Å². The summed E-state index contributed by atoms with van der Waals surface area (Å²) in [7, 11) is 1.70. The fraction of sp³-hybridized carbons (Fsp3) is 1.00. The zero-order valence-electron chi connectivity index (χ0n) is 8.39. The molecule has 0 amide bonds. The Balaban J connectivity index is 3.58. The number of hydrogen-bond donors (Lipinski definition) is 0. The summed E-state index contributed by atoms with van der Waals surface area (Å²) < 4.78 is 10.7. The highest BCUT2D eigenvalue weighted by molar-refractivity contribution is 9.09. The lowest BCUT2D eigenvalue weighted by atomic mass is 10.3. The molecule has 2 nitrogen and oxygen atoms in total. The van der Waals surface area contributed by atoms with Gasteiger partial charge in [0.05, 0.1) is 0 Å². The van der Waals surface area contributed by atoms with Crippen molar-refractivity contribution in [3.05, 3.63) is 0 Å². The fourth-order valence-corrected chi connectivity index (χ4v) is 2.74. The molecular weight excluding hydrogens is 236 g/mol. The molecule has 4 heteroatoms. The van der Waals surface area contributed by atoms with Crippen LogP contribution in [0.25, 0.3) is 0 Å². The van der Waals surface area contributed by atoms with Gasteiger partial charge < -0.3 is 8.85 Å². The average molecular weight is 255 g/mol. The van der Waals surface area contributed by atoms with Gasteiger partial charge in [0.15, 0.2) is 0 Å². The molecule has 12 heavy (non-hydrogen) atoms. The van der Waals surface area contributed by atoms with Crippen molar-refractivity contribution in [2.75, 3.05) is 14.2 Å². The first kappa shape index (κ1) is 12.6.